The molecule has 0 saturated carbocycles. The van der Waals surface area contributed by atoms with E-state index in [0.717, 1.165) is 43.3 Å². The molecule has 1 saturated heterocycles. The highest BCUT2D eigenvalue weighted by atomic mass is 19.1. The summed E-state index contributed by atoms with van der Waals surface area (Å²) in [6.07, 6.45) is 8.21. The van der Waals surface area contributed by atoms with Gasteiger partial charge in [0.05, 0.1) is 31.1 Å². The molecule has 0 bridgehead atoms. The largest absolute Gasteiger partial charge is 0.482 e. The van der Waals surface area contributed by atoms with E-state index < -0.39 is 11.9 Å². The van der Waals surface area contributed by atoms with Crippen molar-refractivity contribution >= 4 is 5.82 Å². The molecule has 0 radical (unpaired) electrons. The second-order valence-electron chi connectivity index (χ2n) is 7.31. The Bertz CT molecular complexity index is 1020. The SMILES string of the molecule is COc1ncc(F)cc1C(C)Oc1cc(-c2cnn(C3CCNCC3)c2)cnc1N. The fourth-order valence-corrected chi connectivity index (χ4v) is 3.62. The van der Waals surface area contributed by atoms with Gasteiger partial charge in [-0.2, -0.15) is 5.10 Å². The average molecular weight is 412 g/mol. The molecule has 0 aliphatic carbocycles. The van der Waals surface area contributed by atoms with Crippen molar-refractivity contribution in [2.24, 2.45) is 0 Å². The molecular formula is C21H25FN6O2. The van der Waals surface area contributed by atoms with E-state index in [2.05, 4.69) is 20.4 Å². The second-order valence-corrected chi connectivity index (χ2v) is 7.31. The molecule has 1 unspecified atom stereocenters. The molecule has 1 atom stereocenters. The van der Waals surface area contributed by atoms with E-state index in [1.54, 1.807) is 13.1 Å². The predicted molar refractivity (Wildman–Crippen MR) is 111 cm³/mol. The topological polar surface area (TPSA) is 100 Å². The summed E-state index contributed by atoms with van der Waals surface area (Å²) in [4.78, 5) is 8.22. The Morgan fingerprint density at radius 1 is 1.17 bits per heavy atom. The van der Waals surface area contributed by atoms with Crippen LogP contribution in [0.5, 0.6) is 11.6 Å². The van der Waals surface area contributed by atoms with Crippen molar-refractivity contribution in [3.8, 4) is 22.8 Å². The van der Waals surface area contributed by atoms with Gasteiger partial charge in [0, 0.05) is 23.5 Å². The van der Waals surface area contributed by atoms with Gasteiger partial charge >= 0.3 is 0 Å². The molecule has 9 heteroatoms. The van der Waals surface area contributed by atoms with Crippen molar-refractivity contribution in [2.45, 2.75) is 31.9 Å². The van der Waals surface area contributed by atoms with E-state index >= 15 is 0 Å². The third-order valence-corrected chi connectivity index (χ3v) is 5.28. The van der Waals surface area contributed by atoms with E-state index in [4.69, 9.17) is 15.2 Å². The molecule has 3 N–H and O–H groups in total. The molecule has 1 aliphatic rings. The van der Waals surface area contributed by atoms with E-state index in [9.17, 15) is 4.39 Å². The van der Waals surface area contributed by atoms with Gasteiger partial charge in [0.15, 0.2) is 11.6 Å². The molecule has 4 heterocycles. The summed E-state index contributed by atoms with van der Waals surface area (Å²) in [5.74, 6) is 0.488. The zero-order valence-electron chi connectivity index (χ0n) is 17.0. The summed E-state index contributed by atoms with van der Waals surface area (Å²) in [6.45, 7) is 3.77. The average Bonchev–Trinajstić information content (AvgIpc) is 3.26. The smallest absolute Gasteiger partial charge is 0.220 e. The van der Waals surface area contributed by atoms with Crippen LogP contribution >= 0.6 is 0 Å². The summed E-state index contributed by atoms with van der Waals surface area (Å²) in [5, 5.41) is 7.89. The zero-order valence-corrected chi connectivity index (χ0v) is 17.0. The van der Waals surface area contributed by atoms with Gasteiger partial charge in [0.25, 0.3) is 0 Å². The van der Waals surface area contributed by atoms with Crippen LogP contribution in [-0.4, -0.2) is 39.9 Å². The molecule has 30 heavy (non-hydrogen) atoms. The first-order chi connectivity index (χ1) is 14.5. The van der Waals surface area contributed by atoms with Crippen LogP contribution in [0.15, 0.2) is 36.9 Å². The Hall–Kier alpha value is -3.20. The number of nitrogens with zero attached hydrogens (tertiary/aromatic N) is 4. The number of aromatic nitrogens is 4. The van der Waals surface area contributed by atoms with E-state index in [1.165, 1.54) is 13.2 Å². The minimum absolute atomic E-state index is 0.250. The molecule has 0 amide bonds. The number of pyridine rings is 2. The summed E-state index contributed by atoms with van der Waals surface area (Å²) >= 11 is 0. The molecule has 158 valence electrons. The number of nitrogens with one attached hydrogen (secondary N) is 1. The van der Waals surface area contributed by atoms with Crippen LogP contribution in [0.25, 0.3) is 11.1 Å². The van der Waals surface area contributed by atoms with Crippen molar-refractivity contribution in [1.29, 1.82) is 0 Å². The normalized spacial score (nSPS) is 15.7. The minimum atomic E-state index is -0.542. The molecule has 3 aromatic heterocycles. The Balaban J connectivity index is 1.57. The first-order valence-electron chi connectivity index (χ1n) is 9.92. The molecule has 0 spiro atoms. The lowest BCUT2D eigenvalue weighted by Crippen LogP contribution is -2.29. The van der Waals surface area contributed by atoms with Crippen LogP contribution in [0.1, 0.15) is 37.5 Å². The highest BCUT2D eigenvalue weighted by Crippen LogP contribution is 2.33. The van der Waals surface area contributed by atoms with Crippen molar-refractivity contribution in [1.82, 2.24) is 25.1 Å². The van der Waals surface area contributed by atoms with Gasteiger partial charge < -0.3 is 20.5 Å². The fourth-order valence-electron chi connectivity index (χ4n) is 3.62. The number of piperidine rings is 1. The van der Waals surface area contributed by atoms with Crippen LogP contribution in [0.3, 0.4) is 0 Å². The lowest BCUT2D eigenvalue weighted by atomic mass is 10.1. The Labute approximate surface area is 174 Å². The van der Waals surface area contributed by atoms with Crippen molar-refractivity contribution in [3.63, 3.8) is 0 Å². The fraction of sp³-hybridized carbons (Fsp3) is 0.381. The van der Waals surface area contributed by atoms with E-state index in [0.29, 0.717) is 23.2 Å². The van der Waals surface area contributed by atoms with Crippen LogP contribution in [0, 0.1) is 5.82 Å². The monoisotopic (exact) mass is 412 g/mol. The predicted octanol–water partition coefficient (Wildman–Crippen LogP) is 3.13. The van der Waals surface area contributed by atoms with Crippen LogP contribution in [0.4, 0.5) is 10.2 Å². The Morgan fingerprint density at radius 3 is 2.73 bits per heavy atom. The number of rotatable bonds is 6. The van der Waals surface area contributed by atoms with Crippen molar-refractivity contribution in [3.05, 3.63) is 48.3 Å². The zero-order chi connectivity index (χ0) is 21.1. The van der Waals surface area contributed by atoms with Gasteiger partial charge in [0.1, 0.15) is 11.9 Å². The number of anilines is 1. The van der Waals surface area contributed by atoms with Crippen LogP contribution < -0.4 is 20.5 Å². The standard InChI is InChI=1S/C21H25FN6O2/c1-13(18-8-16(22)11-26-21(18)29-2)30-19-7-14(9-25-20(19)23)15-10-27-28(12-15)17-3-5-24-6-4-17/h7-13,17,24H,3-6H2,1-2H3,(H2,23,25). The second kappa shape index (κ2) is 8.66. The third kappa shape index (κ3) is 4.20. The van der Waals surface area contributed by atoms with E-state index in [-0.39, 0.29) is 5.82 Å². The highest BCUT2D eigenvalue weighted by molar-refractivity contribution is 5.65. The number of methoxy groups -OCH3 is 1. The summed E-state index contributed by atoms with van der Waals surface area (Å²) in [7, 11) is 1.48. The Kier molecular flexibility index (Phi) is 5.80. The first-order valence-corrected chi connectivity index (χ1v) is 9.92. The maximum atomic E-state index is 13.7. The maximum Gasteiger partial charge on any atom is 0.220 e. The van der Waals surface area contributed by atoms with Gasteiger partial charge in [-0.15, -0.1) is 0 Å². The molecule has 3 aromatic rings. The van der Waals surface area contributed by atoms with Crippen LogP contribution in [0.2, 0.25) is 0 Å². The van der Waals surface area contributed by atoms with Gasteiger partial charge in [-0.25, -0.2) is 14.4 Å². The minimum Gasteiger partial charge on any atom is -0.482 e. The Morgan fingerprint density at radius 2 is 1.97 bits per heavy atom. The molecular weight excluding hydrogens is 387 g/mol. The van der Waals surface area contributed by atoms with Crippen LogP contribution in [-0.2, 0) is 0 Å². The van der Waals surface area contributed by atoms with Gasteiger partial charge in [-0.05, 0) is 45.0 Å². The number of ether oxygens (including phenoxy) is 2. The summed E-state index contributed by atoms with van der Waals surface area (Å²) in [5.41, 5.74) is 8.30. The number of nitrogen functional groups attached to an aromatic ring is 1. The van der Waals surface area contributed by atoms with Crippen molar-refractivity contribution < 1.29 is 13.9 Å². The molecule has 0 aromatic carbocycles. The third-order valence-electron chi connectivity index (χ3n) is 5.28. The quantitative estimate of drug-likeness (QED) is 0.641. The van der Waals surface area contributed by atoms with Gasteiger partial charge in [-0.3, -0.25) is 4.68 Å². The maximum absolute atomic E-state index is 13.7. The van der Waals surface area contributed by atoms with Gasteiger partial charge in [0.2, 0.25) is 5.88 Å². The van der Waals surface area contributed by atoms with Crippen molar-refractivity contribution in [2.75, 3.05) is 25.9 Å². The highest BCUT2D eigenvalue weighted by Gasteiger charge is 2.19. The summed E-state index contributed by atoms with van der Waals surface area (Å²) in [6, 6.07) is 3.56. The molecule has 1 aliphatic heterocycles. The summed E-state index contributed by atoms with van der Waals surface area (Å²) < 4.78 is 26.9. The number of hydrogen-bond donors (Lipinski definition) is 2. The number of hydrogen-bond acceptors (Lipinski definition) is 7. The number of nitrogens with two attached hydrogens (primary N) is 1. The van der Waals surface area contributed by atoms with E-state index in [1.807, 2.05) is 23.1 Å². The number of halogens is 1. The lowest BCUT2D eigenvalue weighted by molar-refractivity contribution is 0.219. The molecule has 1 fully saturated rings. The van der Waals surface area contributed by atoms with Gasteiger partial charge in [-0.1, -0.05) is 0 Å². The lowest BCUT2D eigenvalue weighted by Gasteiger charge is -2.22. The molecule has 8 nitrogen and oxygen atoms in total. The first kappa shape index (κ1) is 20.1. The molecule has 4 rings (SSSR count).